The molecule has 1 rings (SSSR count). The molecule has 0 saturated carbocycles. The minimum Gasteiger partial charge on any atom is -0.366 e. The lowest BCUT2D eigenvalue weighted by Crippen LogP contribution is -2.38. The van der Waals surface area contributed by atoms with Gasteiger partial charge < -0.3 is 16.4 Å². The molecule has 110 valence electrons. The third-order valence-electron chi connectivity index (χ3n) is 2.60. The topological polar surface area (TPSA) is 79.5 Å². The van der Waals surface area contributed by atoms with Crippen LogP contribution in [-0.2, 0) is 6.54 Å². The van der Waals surface area contributed by atoms with Gasteiger partial charge in [-0.2, -0.15) is 11.8 Å². The third-order valence-corrected chi connectivity index (χ3v) is 3.21. The van der Waals surface area contributed by atoms with Gasteiger partial charge >= 0.3 is 0 Å². The number of nitrogens with one attached hydrogen (secondary N) is 2. The molecule has 6 heteroatoms. The van der Waals surface area contributed by atoms with Crippen LogP contribution in [0.3, 0.4) is 0 Å². The van der Waals surface area contributed by atoms with Crippen LogP contribution in [-0.4, -0.2) is 37.0 Å². The highest BCUT2D eigenvalue weighted by atomic mass is 32.2. The largest absolute Gasteiger partial charge is 0.366 e. The van der Waals surface area contributed by atoms with Crippen molar-refractivity contribution in [1.82, 2.24) is 10.6 Å². The van der Waals surface area contributed by atoms with Gasteiger partial charge in [0.1, 0.15) is 0 Å². The molecular weight excluding hydrogens is 272 g/mol. The highest BCUT2D eigenvalue weighted by molar-refractivity contribution is 7.98. The molecule has 0 saturated heterocycles. The average molecular weight is 294 g/mol. The summed E-state index contributed by atoms with van der Waals surface area (Å²) in [6, 6.07) is 7.19. The Bertz CT molecular complexity index is 445. The van der Waals surface area contributed by atoms with Crippen molar-refractivity contribution in [3.8, 4) is 0 Å². The minimum absolute atomic E-state index is 0.410. The molecule has 0 aromatic heterocycles. The molecule has 0 spiro atoms. The molecule has 20 heavy (non-hydrogen) atoms. The monoisotopic (exact) mass is 294 g/mol. The number of carbonyl (C=O) groups excluding carboxylic acids is 1. The Morgan fingerprint density at radius 1 is 1.30 bits per heavy atom. The normalized spacial score (nSPS) is 11.2. The molecule has 0 aliphatic heterocycles. The molecule has 4 N–H and O–H groups in total. The van der Waals surface area contributed by atoms with Crippen LogP contribution >= 0.6 is 11.8 Å². The Morgan fingerprint density at radius 2 is 2.00 bits per heavy atom. The van der Waals surface area contributed by atoms with Crippen molar-refractivity contribution >= 4 is 23.6 Å². The van der Waals surface area contributed by atoms with Crippen LogP contribution < -0.4 is 16.4 Å². The Labute approximate surface area is 124 Å². The zero-order chi connectivity index (χ0) is 14.8. The molecule has 5 nitrogen and oxygen atoms in total. The number of aliphatic imine (C=N–C) groups is 1. The van der Waals surface area contributed by atoms with Gasteiger partial charge in [-0.25, -0.2) is 4.99 Å². The van der Waals surface area contributed by atoms with E-state index in [9.17, 15) is 4.79 Å². The molecule has 0 aliphatic carbocycles. The fourth-order valence-corrected chi connectivity index (χ4v) is 1.86. The summed E-state index contributed by atoms with van der Waals surface area (Å²) in [5.41, 5.74) is 6.76. The van der Waals surface area contributed by atoms with Crippen molar-refractivity contribution in [2.45, 2.75) is 13.5 Å². The van der Waals surface area contributed by atoms with Crippen LogP contribution in [0.1, 0.15) is 22.8 Å². The molecule has 0 fully saturated rings. The molecule has 0 heterocycles. The average Bonchev–Trinajstić information content (AvgIpc) is 2.45. The molecule has 1 aromatic carbocycles. The standard InChI is InChI=1S/C14H22N4OS/c1-3-16-14(17-8-9-20-2)18-10-11-4-6-12(7-5-11)13(15)19/h4-7H,3,8-10H2,1-2H3,(H2,15,19)(H2,16,17,18). The number of guanidine groups is 1. The van der Waals surface area contributed by atoms with Crippen LogP contribution in [0.4, 0.5) is 0 Å². The highest BCUT2D eigenvalue weighted by Gasteiger charge is 2.00. The summed E-state index contributed by atoms with van der Waals surface area (Å²) in [4.78, 5) is 15.5. The number of rotatable bonds is 7. The van der Waals surface area contributed by atoms with Gasteiger partial charge in [0.15, 0.2) is 5.96 Å². The predicted molar refractivity (Wildman–Crippen MR) is 86.2 cm³/mol. The van der Waals surface area contributed by atoms with E-state index in [2.05, 4.69) is 21.9 Å². The van der Waals surface area contributed by atoms with Crippen molar-refractivity contribution in [3.05, 3.63) is 35.4 Å². The molecule has 0 aliphatic rings. The fourth-order valence-electron chi connectivity index (χ4n) is 1.56. The quantitative estimate of drug-likeness (QED) is 0.401. The second kappa shape index (κ2) is 9.25. The van der Waals surface area contributed by atoms with Crippen LogP contribution in [0.25, 0.3) is 0 Å². The maximum Gasteiger partial charge on any atom is 0.248 e. The second-order valence-corrected chi connectivity index (χ2v) is 5.16. The van der Waals surface area contributed by atoms with E-state index in [1.807, 2.05) is 19.1 Å². The number of nitrogens with two attached hydrogens (primary N) is 1. The molecule has 0 radical (unpaired) electrons. The zero-order valence-electron chi connectivity index (χ0n) is 12.0. The number of primary amides is 1. The third kappa shape index (κ3) is 5.97. The first-order valence-corrected chi connectivity index (χ1v) is 7.96. The Morgan fingerprint density at radius 3 is 2.55 bits per heavy atom. The van der Waals surface area contributed by atoms with Crippen molar-refractivity contribution in [3.63, 3.8) is 0 Å². The van der Waals surface area contributed by atoms with E-state index in [1.54, 1.807) is 23.9 Å². The second-order valence-electron chi connectivity index (χ2n) is 4.18. The number of hydrogen-bond donors (Lipinski definition) is 3. The maximum absolute atomic E-state index is 11.0. The Balaban J connectivity index is 2.58. The van der Waals surface area contributed by atoms with Crippen LogP contribution in [0.5, 0.6) is 0 Å². The smallest absolute Gasteiger partial charge is 0.248 e. The van der Waals surface area contributed by atoms with Gasteiger partial charge in [-0.15, -0.1) is 0 Å². The van der Waals surface area contributed by atoms with Gasteiger partial charge in [-0.05, 0) is 30.9 Å². The van der Waals surface area contributed by atoms with Gasteiger partial charge in [-0.1, -0.05) is 12.1 Å². The summed E-state index contributed by atoms with van der Waals surface area (Å²) in [7, 11) is 0. The van der Waals surface area contributed by atoms with E-state index in [0.29, 0.717) is 12.1 Å². The molecule has 1 aromatic rings. The van der Waals surface area contributed by atoms with Gasteiger partial charge in [0.05, 0.1) is 6.54 Å². The van der Waals surface area contributed by atoms with E-state index in [0.717, 1.165) is 30.4 Å². The van der Waals surface area contributed by atoms with E-state index in [1.165, 1.54) is 0 Å². The van der Waals surface area contributed by atoms with E-state index >= 15 is 0 Å². The maximum atomic E-state index is 11.0. The number of benzene rings is 1. The van der Waals surface area contributed by atoms with E-state index in [-0.39, 0.29) is 0 Å². The number of amides is 1. The minimum atomic E-state index is -0.410. The summed E-state index contributed by atoms with van der Waals surface area (Å²) in [6.07, 6.45) is 2.08. The number of thioether (sulfide) groups is 1. The van der Waals surface area contributed by atoms with Crippen LogP contribution in [0.2, 0.25) is 0 Å². The lowest BCUT2D eigenvalue weighted by Gasteiger charge is -2.10. The lowest BCUT2D eigenvalue weighted by molar-refractivity contribution is 0.100. The number of nitrogens with zero attached hydrogens (tertiary/aromatic N) is 1. The van der Waals surface area contributed by atoms with E-state index in [4.69, 9.17) is 5.73 Å². The van der Waals surface area contributed by atoms with Gasteiger partial charge in [0.25, 0.3) is 0 Å². The zero-order valence-corrected chi connectivity index (χ0v) is 12.8. The first-order chi connectivity index (χ1) is 9.67. The predicted octanol–water partition coefficient (Wildman–Crippen LogP) is 1.20. The Hall–Kier alpha value is -1.69. The van der Waals surface area contributed by atoms with Crippen LogP contribution in [0.15, 0.2) is 29.3 Å². The first-order valence-electron chi connectivity index (χ1n) is 6.57. The summed E-state index contributed by atoms with van der Waals surface area (Å²) >= 11 is 1.79. The van der Waals surface area contributed by atoms with Gasteiger partial charge in [-0.3, -0.25) is 4.79 Å². The lowest BCUT2D eigenvalue weighted by atomic mass is 10.1. The van der Waals surface area contributed by atoms with Crippen molar-refractivity contribution < 1.29 is 4.79 Å². The van der Waals surface area contributed by atoms with Gasteiger partial charge in [0.2, 0.25) is 5.91 Å². The molecule has 0 atom stereocenters. The number of hydrogen-bond acceptors (Lipinski definition) is 3. The Kier molecular flexibility index (Phi) is 7.57. The molecule has 1 amide bonds. The molecule has 0 unspecified atom stereocenters. The summed E-state index contributed by atoms with van der Waals surface area (Å²) in [5.74, 6) is 1.44. The van der Waals surface area contributed by atoms with Crippen molar-refractivity contribution in [2.24, 2.45) is 10.7 Å². The SMILES string of the molecule is CCNC(=NCc1ccc(C(N)=O)cc1)NCCSC. The molecular formula is C14H22N4OS. The summed E-state index contributed by atoms with van der Waals surface area (Å²) in [5, 5.41) is 6.46. The van der Waals surface area contributed by atoms with Crippen molar-refractivity contribution in [2.75, 3.05) is 25.1 Å². The van der Waals surface area contributed by atoms with Gasteiger partial charge in [0, 0.05) is 24.4 Å². The first kappa shape index (κ1) is 16.4. The van der Waals surface area contributed by atoms with E-state index < -0.39 is 5.91 Å². The van der Waals surface area contributed by atoms with Crippen LogP contribution in [0, 0.1) is 0 Å². The summed E-state index contributed by atoms with van der Waals surface area (Å²) in [6.45, 7) is 4.31. The molecule has 0 bridgehead atoms. The summed E-state index contributed by atoms with van der Waals surface area (Å²) < 4.78 is 0. The fraction of sp³-hybridized carbons (Fsp3) is 0.429. The van der Waals surface area contributed by atoms with Crippen molar-refractivity contribution in [1.29, 1.82) is 0 Å². The number of carbonyl (C=O) groups is 1. The highest BCUT2D eigenvalue weighted by Crippen LogP contribution is 2.05.